The molecule has 0 bridgehead atoms. The van der Waals surface area contributed by atoms with E-state index in [2.05, 4.69) is 15.5 Å². The van der Waals surface area contributed by atoms with Crippen LogP contribution in [-0.2, 0) is 9.53 Å². The summed E-state index contributed by atoms with van der Waals surface area (Å²) >= 11 is 2.59. The van der Waals surface area contributed by atoms with Crippen LogP contribution in [0.4, 0.5) is 5.00 Å². The second-order valence-corrected chi connectivity index (χ2v) is 6.84. The number of thioether (sulfide) groups is 1. The van der Waals surface area contributed by atoms with Crippen LogP contribution in [-0.4, -0.2) is 34.4 Å². The number of ether oxygens (including phenoxy) is 1. The van der Waals surface area contributed by atoms with Gasteiger partial charge in [-0.15, -0.1) is 16.4 Å². The van der Waals surface area contributed by atoms with Crippen LogP contribution in [0.25, 0.3) is 10.8 Å². The number of benzene rings is 1. The molecule has 0 saturated carbocycles. The van der Waals surface area contributed by atoms with Crippen LogP contribution >= 0.6 is 23.1 Å². The number of hydrogen-bond acceptors (Lipinski definition) is 7. The van der Waals surface area contributed by atoms with Crippen molar-refractivity contribution in [3.8, 4) is 0 Å². The van der Waals surface area contributed by atoms with E-state index < -0.39 is 5.97 Å². The molecule has 3 rings (SSSR count). The summed E-state index contributed by atoms with van der Waals surface area (Å²) in [5.74, 6) is -0.484. The highest BCUT2D eigenvalue weighted by atomic mass is 32.2. The van der Waals surface area contributed by atoms with E-state index in [4.69, 9.17) is 4.74 Å². The van der Waals surface area contributed by atoms with E-state index in [-0.39, 0.29) is 18.3 Å². The van der Waals surface area contributed by atoms with Gasteiger partial charge in [0.1, 0.15) is 10.0 Å². The van der Waals surface area contributed by atoms with E-state index in [9.17, 15) is 9.59 Å². The average Bonchev–Trinajstić information content (AvgIpc) is 3.08. The standard InChI is InChI=1S/C17H15N3O3S2/c1-2-23-17(22)13-7-8-24-15(13)19-14(21)10-25-16-12-6-4-3-5-11(12)9-18-20-16/h3-9H,2,10H2,1H3,(H,19,21). The highest BCUT2D eigenvalue weighted by molar-refractivity contribution is 8.00. The van der Waals surface area contributed by atoms with E-state index in [1.807, 2.05) is 24.3 Å². The first-order valence-corrected chi connectivity index (χ1v) is 9.43. The fraction of sp³-hybridized carbons (Fsp3) is 0.176. The molecule has 2 heterocycles. The van der Waals surface area contributed by atoms with Crippen molar-refractivity contribution in [3.05, 3.63) is 47.5 Å². The van der Waals surface area contributed by atoms with Crippen LogP contribution in [0.1, 0.15) is 17.3 Å². The van der Waals surface area contributed by atoms with Crippen molar-refractivity contribution in [1.82, 2.24) is 10.2 Å². The molecule has 0 aliphatic carbocycles. The van der Waals surface area contributed by atoms with Gasteiger partial charge in [-0.25, -0.2) is 4.79 Å². The molecular formula is C17H15N3O3S2. The number of esters is 1. The molecule has 1 amide bonds. The number of nitrogens with one attached hydrogen (secondary N) is 1. The predicted octanol–water partition coefficient (Wildman–Crippen LogP) is 3.60. The molecule has 1 N–H and O–H groups in total. The fourth-order valence-corrected chi connectivity index (χ4v) is 3.76. The Labute approximate surface area is 152 Å². The van der Waals surface area contributed by atoms with Gasteiger partial charge in [0.15, 0.2) is 0 Å². The van der Waals surface area contributed by atoms with Gasteiger partial charge in [-0.3, -0.25) is 4.79 Å². The second kappa shape index (κ2) is 8.09. The van der Waals surface area contributed by atoms with Crippen molar-refractivity contribution in [1.29, 1.82) is 0 Å². The first-order valence-electron chi connectivity index (χ1n) is 7.56. The SMILES string of the molecule is CCOC(=O)c1ccsc1NC(=O)CSc1nncc2ccccc12. The molecule has 0 spiro atoms. The Morgan fingerprint density at radius 1 is 1.28 bits per heavy atom. The number of carbonyl (C=O) groups is 2. The summed E-state index contributed by atoms with van der Waals surface area (Å²) in [4.78, 5) is 24.1. The third kappa shape index (κ3) is 4.15. The van der Waals surface area contributed by atoms with Crippen molar-refractivity contribution in [2.45, 2.75) is 11.9 Å². The lowest BCUT2D eigenvalue weighted by Crippen LogP contribution is -2.16. The molecule has 0 fully saturated rings. The first-order chi connectivity index (χ1) is 12.2. The molecule has 8 heteroatoms. The van der Waals surface area contributed by atoms with Crippen LogP contribution in [0.15, 0.2) is 46.9 Å². The van der Waals surface area contributed by atoms with Gasteiger partial charge >= 0.3 is 5.97 Å². The lowest BCUT2D eigenvalue weighted by atomic mass is 10.2. The number of carbonyl (C=O) groups excluding carboxylic acids is 2. The molecule has 128 valence electrons. The molecule has 0 radical (unpaired) electrons. The zero-order valence-corrected chi connectivity index (χ0v) is 15.0. The predicted molar refractivity (Wildman–Crippen MR) is 99.2 cm³/mol. The van der Waals surface area contributed by atoms with Crippen molar-refractivity contribution < 1.29 is 14.3 Å². The Hall–Kier alpha value is -2.45. The maximum absolute atomic E-state index is 12.2. The van der Waals surface area contributed by atoms with Crippen LogP contribution in [0, 0.1) is 0 Å². The molecule has 0 saturated heterocycles. The Morgan fingerprint density at radius 2 is 2.12 bits per heavy atom. The average molecular weight is 373 g/mol. The summed E-state index contributed by atoms with van der Waals surface area (Å²) < 4.78 is 4.98. The summed E-state index contributed by atoms with van der Waals surface area (Å²) in [5, 5.41) is 15.7. The highest BCUT2D eigenvalue weighted by Crippen LogP contribution is 2.27. The number of anilines is 1. The summed E-state index contributed by atoms with van der Waals surface area (Å²) in [5.41, 5.74) is 0.371. The largest absolute Gasteiger partial charge is 0.462 e. The lowest BCUT2D eigenvalue weighted by molar-refractivity contribution is -0.113. The lowest BCUT2D eigenvalue weighted by Gasteiger charge is -2.07. The van der Waals surface area contributed by atoms with Gasteiger partial charge in [0.25, 0.3) is 0 Å². The zero-order valence-electron chi connectivity index (χ0n) is 13.4. The van der Waals surface area contributed by atoms with Crippen LogP contribution in [0.2, 0.25) is 0 Å². The highest BCUT2D eigenvalue weighted by Gasteiger charge is 2.16. The number of hydrogen-bond donors (Lipinski definition) is 1. The van der Waals surface area contributed by atoms with E-state index in [0.29, 0.717) is 15.6 Å². The van der Waals surface area contributed by atoms with Gasteiger partial charge in [-0.2, -0.15) is 5.10 Å². The smallest absolute Gasteiger partial charge is 0.341 e. The Balaban J connectivity index is 1.66. The number of rotatable bonds is 6. The van der Waals surface area contributed by atoms with E-state index in [0.717, 1.165) is 10.8 Å². The van der Waals surface area contributed by atoms with Crippen LogP contribution < -0.4 is 5.32 Å². The first kappa shape index (κ1) is 17.4. The minimum absolute atomic E-state index is 0.169. The maximum Gasteiger partial charge on any atom is 0.341 e. The van der Waals surface area contributed by atoms with E-state index in [1.54, 1.807) is 24.6 Å². The monoisotopic (exact) mass is 373 g/mol. The van der Waals surface area contributed by atoms with E-state index >= 15 is 0 Å². The maximum atomic E-state index is 12.2. The molecule has 0 aliphatic heterocycles. The molecule has 2 aromatic heterocycles. The van der Waals surface area contributed by atoms with Gasteiger partial charge in [0, 0.05) is 10.8 Å². The van der Waals surface area contributed by atoms with Gasteiger partial charge in [0.2, 0.25) is 5.91 Å². The summed E-state index contributed by atoms with van der Waals surface area (Å²) in [6, 6.07) is 9.39. The third-order valence-electron chi connectivity index (χ3n) is 3.29. The van der Waals surface area contributed by atoms with Crippen LogP contribution in [0.5, 0.6) is 0 Å². The molecule has 0 atom stereocenters. The van der Waals surface area contributed by atoms with Gasteiger partial charge in [-0.05, 0) is 18.4 Å². The minimum atomic E-state index is -0.438. The van der Waals surface area contributed by atoms with Crippen LogP contribution in [0.3, 0.4) is 0 Å². The van der Waals surface area contributed by atoms with Gasteiger partial charge in [0.05, 0.1) is 24.1 Å². The number of nitrogens with zero attached hydrogens (tertiary/aromatic N) is 2. The molecule has 0 aliphatic rings. The van der Waals surface area contributed by atoms with E-state index in [1.165, 1.54) is 23.1 Å². The third-order valence-corrected chi connectivity index (χ3v) is 5.10. The number of aromatic nitrogens is 2. The number of thiophene rings is 1. The number of fused-ring (bicyclic) bond motifs is 1. The fourth-order valence-electron chi connectivity index (χ4n) is 2.18. The molecule has 1 aromatic carbocycles. The normalized spacial score (nSPS) is 10.6. The number of amides is 1. The van der Waals surface area contributed by atoms with Crippen molar-refractivity contribution in [2.75, 3.05) is 17.7 Å². The summed E-state index contributed by atoms with van der Waals surface area (Å²) in [7, 11) is 0. The zero-order chi connectivity index (χ0) is 17.6. The Bertz CT molecular complexity index is 906. The topological polar surface area (TPSA) is 81.2 Å². The van der Waals surface area contributed by atoms with Gasteiger partial charge in [-0.1, -0.05) is 36.0 Å². The molecule has 6 nitrogen and oxygen atoms in total. The molecular weight excluding hydrogens is 358 g/mol. The molecule has 0 unspecified atom stereocenters. The van der Waals surface area contributed by atoms with Gasteiger partial charge < -0.3 is 10.1 Å². The molecule has 25 heavy (non-hydrogen) atoms. The quantitative estimate of drug-likeness (QED) is 0.525. The minimum Gasteiger partial charge on any atom is -0.462 e. The van der Waals surface area contributed by atoms with Crippen molar-refractivity contribution >= 4 is 50.7 Å². The Morgan fingerprint density at radius 3 is 2.96 bits per heavy atom. The summed E-state index contributed by atoms with van der Waals surface area (Å²) in [6.07, 6.45) is 1.69. The van der Waals surface area contributed by atoms with Crippen molar-refractivity contribution in [3.63, 3.8) is 0 Å². The summed E-state index contributed by atoms with van der Waals surface area (Å²) in [6.45, 7) is 2.03. The van der Waals surface area contributed by atoms with Crippen molar-refractivity contribution in [2.24, 2.45) is 0 Å². The molecule has 3 aromatic rings. The Kier molecular flexibility index (Phi) is 5.62. The second-order valence-electron chi connectivity index (χ2n) is 4.96.